The first-order valence-corrected chi connectivity index (χ1v) is 27.2. The van der Waals surface area contributed by atoms with Crippen molar-refractivity contribution in [3.8, 4) is 11.6 Å². The third-order valence-electron chi connectivity index (χ3n) is 16.7. The molecule has 12 rings (SSSR count). The quantitative estimate of drug-likeness (QED) is 0.0844. The van der Waals surface area contributed by atoms with Crippen LogP contribution in [0.15, 0.2) is 77.8 Å². The topological polar surface area (TPSA) is 188 Å². The average molecular weight is 1020 g/mol. The van der Waals surface area contributed by atoms with Gasteiger partial charge in [0.15, 0.2) is 11.4 Å². The van der Waals surface area contributed by atoms with Gasteiger partial charge in [-0.1, -0.05) is 38.1 Å². The number of nitrogens with zero attached hydrogens (tertiary/aromatic N) is 6. The highest BCUT2D eigenvalue weighted by atomic mass is 32.2. The molecule has 5 fully saturated rings. The van der Waals surface area contributed by atoms with Gasteiger partial charge in [0.25, 0.3) is 27.5 Å². The summed E-state index contributed by atoms with van der Waals surface area (Å²) >= 11 is 0. The molecule has 17 nitrogen and oxygen atoms in total. The second kappa shape index (κ2) is 18.4. The molecule has 20 heteroatoms. The van der Waals surface area contributed by atoms with Crippen LogP contribution in [-0.4, -0.2) is 128 Å². The van der Waals surface area contributed by atoms with E-state index >= 15 is 0 Å². The number of aromatic amines is 1. The number of amides is 1. The molecule has 4 saturated heterocycles. The summed E-state index contributed by atoms with van der Waals surface area (Å²) in [5, 5.41) is 16.4. The van der Waals surface area contributed by atoms with Crippen molar-refractivity contribution in [2.45, 2.75) is 112 Å². The van der Waals surface area contributed by atoms with E-state index in [0.717, 1.165) is 55.7 Å². The van der Waals surface area contributed by atoms with E-state index in [1.807, 2.05) is 34.1 Å². The number of H-pyrrole nitrogens is 1. The summed E-state index contributed by atoms with van der Waals surface area (Å²) in [7, 11) is -4.76. The number of aromatic nitrogens is 2. The Morgan fingerprint density at radius 3 is 2.53 bits per heavy atom. The smallest absolute Gasteiger partial charge is 0.297 e. The molecule has 1 spiro atoms. The summed E-state index contributed by atoms with van der Waals surface area (Å²) in [5.74, 6) is -2.94. The number of anilines is 4. The van der Waals surface area contributed by atoms with Gasteiger partial charge >= 0.3 is 0 Å². The van der Waals surface area contributed by atoms with Crippen molar-refractivity contribution in [1.82, 2.24) is 24.5 Å². The number of alkyl halides is 2. The molecular weight excluding hydrogens is 961 g/mol. The number of carbonyl (C=O) groups is 1. The Bertz CT molecular complexity index is 3070. The standard InChI is InChI=1S/C53H61F2N9O8S/c1-32(2)38-6-3-4-7-39(38)41-8-5-17-62(41)36-26-52(27-36)12-20-61(21-13-52)35-9-10-40(42(23-35)63-44-22-33-11-16-56-49(33)58-51(44)72-47-31-70-30-45(47)63)50(65)59-73(68,69)37-24-43(64(66)67)48-46(25-37)71-29-34(57-48)28-60-18-14-53(54,55)15-19-60/h3-4,6-7,9-11,16,22-25,32,34,36,41,45,47,57H,5,8,12-15,17-21,26-31H2,1-2H3,(H,56,58)(H,59,65)/t34-,41+,45+,47+/m1/s1. The maximum Gasteiger partial charge on any atom is 0.297 e. The van der Waals surface area contributed by atoms with Crippen LogP contribution in [0.5, 0.6) is 11.6 Å². The van der Waals surface area contributed by atoms with Crippen molar-refractivity contribution >= 4 is 55.4 Å². The lowest BCUT2D eigenvalue weighted by molar-refractivity contribution is -0.384. The van der Waals surface area contributed by atoms with E-state index in [2.05, 4.69) is 62.9 Å². The lowest BCUT2D eigenvalue weighted by Crippen LogP contribution is -2.55. The number of likely N-dealkylation sites (tertiary alicyclic amines) is 2. The first-order chi connectivity index (χ1) is 35.1. The monoisotopic (exact) mass is 1020 g/mol. The van der Waals surface area contributed by atoms with Crippen LogP contribution >= 0.6 is 0 Å². The molecule has 0 radical (unpaired) electrons. The van der Waals surface area contributed by atoms with Crippen LogP contribution in [0.2, 0.25) is 0 Å². The third kappa shape index (κ3) is 8.90. The number of nitro benzene ring substituents is 1. The first-order valence-electron chi connectivity index (χ1n) is 25.8. The number of ether oxygens (including phenoxy) is 3. The van der Waals surface area contributed by atoms with E-state index in [9.17, 15) is 32.1 Å². The lowest BCUT2D eigenvalue weighted by atomic mass is 9.59. The van der Waals surface area contributed by atoms with E-state index in [1.54, 1.807) is 12.3 Å². The number of pyridine rings is 1. The second-order valence-corrected chi connectivity index (χ2v) is 23.3. The van der Waals surface area contributed by atoms with Crippen molar-refractivity contribution in [2.75, 3.05) is 74.2 Å². The van der Waals surface area contributed by atoms with E-state index in [1.165, 1.54) is 36.8 Å². The van der Waals surface area contributed by atoms with Crippen LogP contribution in [0.1, 0.15) is 98.7 Å². The molecule has 3 N–H and O–H groups in total. The SMILES string of the molecule is CC(C)c1ccccc1[C@@H]1CCCN1C1CC2(CCN(c3ccc(C(=O)NS(=O)(=O)c4cc5c(c([N+](=O)[O-])c4)N[C@H](CN4CCC(F)(F)CC4)CO5)c(N4c5cc6cc[nH]c6nc5O[C@H]5COC[C@@H]54)c3)CC2)C1. The van der Waals surface area contributed by atoms with Gasteiger partial charge in [-0.2, -0.15) is 4.98 Å². The van der Waals surface area contributed by atoms with E-state index in [-0.39, 0.29) is 68.2 Å². The van der Waals surface area contributed by atoms with Crippen molar-refractivity contribution in [1.29, 1.82) is 0 Å². The molecule has 1 amide bonds. The Kier molecular flexibility index (Phi) is 12.1. The summed E-state index contributed by atoms with van der Waals surface area (Å²) < 4.78 is 76.9. The molecule has 5 aromatic rings. The molecule has 386 valence electrons. The molecule has 1 aliphatic carbocycles. The predicted octanol–water partition coefficient (Wildman–Crippen LogP) is 8.50. The highest BCUT2D eigenvalue weighted by Gasteiger charge is 2.50. The van der Waals surface area contributed by atoms with Crippen LogP contribution in [0.4, 0.5) is 37.2 Å². The highest BCUT2D eigenvalue weighted by Crippen LogP contribution is 2.55. The Hall–Kier alpha value is -6.09. The Balaban J connectivity index is 0.814. The van der Waals surface area contributed by atoms with Gasteiger partial charge in [-0.15, -0.1) is 0 Å². The second-order valence-electron chi connectivity index (χ2n) is 21.6. The third-order valence-corrected chi connectivity index (χ3v) is 18.0. The number of rotatable bonds is 11. The first kappa shape index (κ1) is 47.9. The van der Waals surface area contributed by atoms with Gasteiger partial charge in [-0.05, 0) is 97.9 Å². The number of halogens is 2. The molecule has 6 aliphatic heterocycles. The maximum atomic E-state index is 14.7. The van der Waals surface area contributed by atoms with Crippen LogP contribution in [0.25, 0.3) is 11.0 Å². The lowest BCUT2D eigenvalue weighted by Gasteiger charge is -2.56. The Morgan fingerprint density at radius 2 is 1.75 bits per heavy atom. The fourth-order valence-electron chi connectivity index (χ4n) is 12.8. The summed E-state index contributed by atoms with van der Waals surface area (Å²) in [6.45, 7) is 8.51. The Morgan fingerprint density at radius 1 is 0.959 bits per heavy atom. The van der Waals surface area contributed by atoms with Gasteiger partial charge in [0.05, 0.1) is 46.4 Å². The molecule has 73 heavy (non-hydrogen) atoms. The van der Waals surface area contributed by atoms with Crippen LogP contribution in [-0.2, 0) is 14.8 Å². The summed E-state index contributed by atoms with van der Waals surface area (Å²) in [6.07, 6.45) is 7.59. The van der Waals surface area contributed by atoms with Gasteiger partial charge < -0.3 is 39.2 Å². The molecule has 0 unspecified atom stereocenters. The molecule has 3 aromatic carbocycles. The van der Waals surface area contributed by atoms with Gasteiger partial charge in [-0.25, -0.2) is 21.9 Å². The molecule has 0 bridgehead atoms. The predicted molar refractivity (Wildman–Crippen MR) is 271 cm³/mol. The molecule has 4 atom stereocenters. The zero-order chi connectivity index (χ0) is 50.4. The number of hydrogen-bond donors (Lipinski definition) is 3. The molecule has 7 aliphatic rings. The van der Waals surface area contributed by atoms with Crippen molar-refractivity contribution in [2.24, 2.45) is 5.41 Å². The van der Waals surface area contributed by atoms with Crippen LogP contribution < -0.4 is 29.3 Å². The number of nitrogens with one attached hydrogen (secondary N) is 3. The number of sulfonamides is 1. The van der Waals surface area contributed by atoms with Gasteiger partial charge in [0.2, 0.25) is 5.88 Å². The van der Waals surface area contributed by atoms with Crippen molar-refractivity contribution in [3.05, 3.63) is 99.7 Å². The van der Waals surface area contributed by atoms with E-state index < -0.39 is 55.5 Å². The van der Waals surface area contributed by atoms with E-state index in [4.69, 9.17) is 19.2 Å². The number of piperidine rings is 2. The Labute approximate surface area is 422 Å². The number of benzene rings is 3. The zero-order valence-electron chi connectivity index (χ0n) is 41.0. The number of fused-ring (bicyclic) bond motifs is 4. The number of hydrogen-bond acceptors (Lipinski definition) is 14. The van der Waals surface area contributed by atoms with E-state index in [0.29, 0.717) is 47.4 Å². The molecule has 1 saturated carbocycles. The summed E-state index contributed by atoms with van der Waals surface area (Å²) in [6, 6.07) is 20.5. The highest BCUT2D eigenvalue weighted by molar-refractivity contribution is 7.90. The molecule has 2 aromatic heterocycles. The van der Waals surface area contributed by atoms with Crippen molar-refractivity contribution in [3.63, 3.8) is 0 Å². The summed E-state index contributed by atoms with van der Waals surface area (Å²) in [5.41, 5.74) is 5.19. The van der Waals surface area contributed by atoms with Gasteiger partial charge in [-0.3, -0.25) is 19.8 Å². The largest absolute Gasteiger partial charge is 0.489 e. The van der Waals surface area contributed by atoms with Gasteiger partial charge in [0, 0.05) is 87.1 Å². The molecule has 8 heterocycles. The number of nitro groups is 1. The average Bonchev–Trinajstić information content (AvgIpc) is 4.16. The maximum absolute atomic E-state index is 14.7. The van der Waals surface area contributed by atoms with Crippen molar-refractivity contribution < 1.29 is 41.1 Å². The minimum atomic E-state index is -4.76. The normalized spacial score (nSPS) is 24.8. The molecular formula is C53H61F2N9O8S. The van der Waals surface area contributed by atoms with Crippen LogP contribution in [0, 0.1) is 15.5 Å². The number of carbonyl (C=O) groups excluding carboxylic acids is 1. The fraction of sp³-hybridized carbons (Fsp3) is 0.509. The fourth-order valence-corrected chi connectivity index (χ4v) is 13.8. The van der Waals surface area contributed by atoms with Gasteiger partial charge in [0.1, 0.15) is 24.0 Å². The minimum Gasteiger partial charge on any atom is -0.489 e. The summed E-state index contributed by atoms with van der Waals surface area (Å²) in [4.78, 5) is 42.9. The zero-order valence-corrected chi connectivity index (χ0v) is 41.8. The minimum absolute atomic E-state index is 0.00496. The van der Waals surface area contributed by atoms with Crippen LogP contribution in [0.3, 0.4) is 0 Å².